The molecule has 2 fully saturated rings. The van der Waals surface area contributed by atoms with Crippen LogP contribution in [0.2, 0.25) is 0 Å². The van der Waals surface area contributed by atoms with Crippen molar-refractivity contribution in [2.75, 3.05) is 7.11 Å². The van der Waals surface area contributed by atoms with Gasteiger partial charge in [0.1, 0.15) is 5.41 Å². The summed E-state index contributed by atoms with van der Waals surface area (Å²) in [7, 11) is 1.35. The van der Waals surface area contributed by atoms with E-state index in [0.717, 1.165) is 5.92 Å². The molecule has 4 nitrogen and oxygen atoms in total. The predicted molar refractivity (Wildman–Crippen MR) is 72.4 cm³/mol. The third kappa shape index (κ3) is 2.93. The monoisotopic (exact) mass is 267 g/mol. The van der Waals surface area contributed by atoms with Crippen LogP contribution in [-0.4, -0.2) is 25.0 Å². The van der Waals surface area contributed by atoms with Crippen molar-refractivity contribution in [3.63, 3.8) is 0 Å². The van der Waals surface area contributed by atoms with E-state index in [1.807, 2.05) is 0 Å². The average molecular weight is 267 g/mol. The number of esters is 1. The van der Waals surface area contributed by atoms with Crippen molar-refractivity contribution in [1.29, 1.82) is 0 Å². The molecule has 2 rings (SSSR count). The lowest BCUT2D eigenvalue weighted by molar-refractivity contribution is -0.152. The van der Waals surface area contributed by atoms with Crippen molar-refractivity contribution in [1.82, 2.24) is 5.32 Å². The Morgan fingerprint density at radius 3 is 2.53 bits per heavy atom. The van der Waals surface area contributed by atoms with Crippen LogP contribution in [0.15, 0.2) is 0 Å². The van der Waals surface area contributed by atoms with Crippen molar-refractivity contribution in [3.8, 4) is 0 Å². The van der Waals surface area contributed by atoms with E-state index in [0.29, 0.717) is 18.8 Å². The highest BCUT2D eigenvalue weighted by Crippen LogP contribution is 2.47. The number of amides is 1. The maximum Gasteiger partial charge on any atom is 0.321 e. The fourth-order valence-corrected chi connectivity index (χ4v) is 3.24. The first kappa shape index (κ1) is 14.4. The molecule has 0 aromatic carbocycles. The van der Waals surface area contributed by atoms with Crippen molar-refractivity contribution < 1.29 is 14.3 Å². The van der Waals surface area contributed by atoms with Gasteiger partial charge in [-0.15, -0.1) is 0 Å². The summed E-state index contributed by atoms with van der Waals surface area (Å²) in [6.07, 6.45) is 6.14. The molecule has 0 radical (unpaired) electrons. The molecule has 0 spiro atoms. The zero-order valence-corrected chi connectivity index (χ0v) is 12.2. The summed E-state index contributed by atoms with van der Waals surface area (Å²) >= 11 is 0. The van der Waals surface area contributed by atoms with Crippen molar-refractivity contribution in [2.24, 2.45) is 17.3 Å². The van der Waals surface area contributed by atoms with E-state index >= 15 is 0 Å². The second kappa shape index (κ2) is 5.51. The highest BCUT2D eigenvalue weighted by atomic mass is 16.5. The van der Waals surface area contributed by atoms with Crippen LogP contribution in [0.1, 0.15) is 52.4 Å². The van der Waals surface area contributed by atoms with Gasteiger partial charge in [-0.3, -0.25) is 9.59 Å². The number of ether oxygens (including phenoxy) is 1. The summed E-state index contributed by atoms with van der Waals surface area (Å²) in [4.78, 5) is 23.9. The second-order valence-corrected chi connectivity index (χ2v) is 6.37. The Hall–Kier alpha value is -1.06. The van der Waals surface area contributed by atoms with Gasteiger partial charge < -0.3 is 10.1 Å². The Bertz CT molecular complexity index is 362. The molecule has 1 N–H and O–H groups in total. The molecule has 4 heteroatoms. The quantitative estimate of drug-likeness (QED) is 0.628. The van der Waals surface area contributed by atoms with E-state index in [9.17, 15) is 9.59 Å². The number of nitrogens with one attached hydrogen (secondary N) is 1. The zero-order valence-electron chi connectivity index (χ0n) is 12.2. The van der Waals surface area contributed by atoms with Gasteiger partial charge >= 0.3 is 5.97 Å². The van der Waals surface area contributed by atoms with Gasteiger partial charge in [-0.05, 0) is 44.4 Å². The largest absolute Gasteiger partial charge is 0.468 e. The predicted octanol–water partition coefficient (Wildman–Crippen LogP) is 2.27. The fraction of sp³-hybridized carbons (Fsp3) is 0.867. The molecule has 0 aromatic heterocycles. The maximum atomic E-state index is 12.3. The van der Waals surface area contributed by atoms with Gasteiger partial charge in [0.15, 0.2) is 0 Å². The Labute approximate surface area is 115 Å². The van der Waals surface area contributed by atoms with Crippen LogP contribution in [0.25, 0.3) is 0 Å². The normalized spacial score (nSPS) is 30.3. The second-order valence-electron chi connectivity index (χ2n) is 6.37. The summed E-state index contributed by atoms with van der Waals surface area (Å²) in [6, 6.07) is 0.150. The third-order valence-corrected chi connectivity index (χ3v) is 4.80. The molecule has 1 amide bonds. The Kier molecular flexibility index (Phi) is 4.16. The minimum Gasteiger partial charge on any atom is -0.468 e. The minimum absolute atomic E-state index is 0.134. The average Bonchev–Trinajstić information content (AvgIpc) is 3.19. The van der Waals surface area contributed by atoms with Gasteiger partial charge in [-0.1, -0.05) is 19.8 Å². The number of hydrogen-bond acceptors (Lipinski definition) is 3. The van der Waals surface area contributed by atoms with Crippen LogP contribution in [0.3, 0.4) is 0 Å². The van der Waals surface area contributed by atoms with Gasteiger partial charge in [-0.25, -0.2) is 0 Å². The summed E-state index contributed by atoms with van der Waals surface area (Å²) in [5.74, 6) is 0.772. The van der Waals surface area contributed by atoms with E-state index in [-0.39, 0.29) is 17.9 Å². The first-order valence-corrected chi connectivity index (χ1v) is 7.39. The molecule has 0 heterocycles. The molecule has 3 atom stereocenters. The van der Waals surface area contributed by atoms with Crippen LogP contribution >= 0.6 is 0 Å². The number of rotatable bonds is 4. The first-order chi connectivity index (χ1) is 8.99. The standard InChI is InChI=1S/C15H25NO3/c1-10-5-4-6-12(9-10)11(2)16-13(17)15(7-8-15)14(18)19-3/h10-12H,4-9H2,1-3H3,(H,16,17)/t10-,11-,12+/m1/s1. The van der Waals surface area contributed by atoms with E-state index in [1.165, 1.54) is 32.8 Å². The van der Waals surface area contributed by atoms with Gasteiger partial charge in [0.05, 0.1) is 7.11 Å². The molecule has 0 aromatic rings. The molecule has 0 aliphatic heterocycles. The lowest BCUT2D eigenvalue weighted by Crippen LogP contribution is -2.45. The molecule has 2 saturated carbocycles. The molecule has 2 aliphatic carbocycles. The number of methoxy groups -OCH3 is 1. The lowest BCUT2D eigenvalue weighted by Gasteiger charge is -2.32. The molecule has 0 saturated heterocycles. The molecular weight excluding hydrogens is 242 g/mol. The minimum atomic E-state index is -0.872. The maximum absolute atomic E-state index is 12.3. The Balaban J connectivity index is 1.90. The Morgan fingerprint density at radius 1 is 1.32 bits per heavy atom. The highest BCUT2D eigenvalue weighted by molar-refractivity contribution is 6.05. The molecule has 2 aliphatic rings. The van der Waals surface area contributed by atoms with Crippen molar-refractivity contribution >= 4 is 11.9 Å². The van der Waals surface area contributed by atoms with Gasteiger partial charge in [0.25, 0.3) is 0 Å². The van der Waals surface area contributed by atoms with Crippen LogP contribution in [0.4, 0.5) is 0 Å². The van der Waals surface area contributed by atoms with E-state index in [4.69, 9.17) is 4.74 Å². The Morgan fingerprint density at radius 2 is 2.00 bits per heavy atom. The summed E-state index contributed by atoms with van der Waals surface area (Å²) in [5, 5.41) is 3.05. The summed E-state index contributed by atoms with van der Waals surface area (Å²) in [6.45, 7) is 4.34. The van der Waals surface area contributed by atoms with Crippen molar-refractivity contribution in [3.05, 3.63) is 0 Å². The smallest absolute Gasteiger partial charge is 0.321 e. The van der Waals surface area contributed by atoms with Gasteiger partial charge in [0, 0.05) is 6.04 Å². The first-order valence-electron chi connectivity index (χ1n) is 7.39. The van der Waals surface area contributed by atoms with Crippen LogP contribution in [-0.2, 0) is 14.3 Å². The summed E-state index contributed by atoms with van der Waals surface area (Å²) in [5.41, 5.74) is -0.872. The van der Waals surface area contributed by atoms with E-state index < -0.39 is 5.41 Å². The number of carbonyl (C=O) groups excluding carboxylic acids is 2. The summed E-state index contributed by atoms with van der Waals surface area (Å²) < 4.78 is 4.74. The molecule has 0 unspecified atom stereocenters. The van der Waals surface area contributed by atoms with Crippen LogP contribution in [0, 0.1) is 17.3 Å². The lowest BCUT2D eigenvalue weighted by atomic mass is 9.79. The van der Waals surface area contributed by atoms with Crippen molar-refractivity contribution in [2.45, 2.75) is 58.4 Å². The molecule has 108 valence electrons. The van der Waals surface area contributed by atoms with Gasteiger partial charge in [0.2, 0.25) is 5.91 Å². The fourth-order valence-electron chi connectivity index (χ4n) is 3.24. The number of hydrogen-bond donors (Lipinski definition) is 1. The van der Waals surface area contributed by atoms with Gasteiger partial charge in [-0.2, -0.15) is 0 Å². The third-order valence-electron chi connectivity index (χ3n) is 4.80. The van der Waals surface area contributed by atoms with Crippen LogP contribution < -0.4 is 5.32 Å². The van der Waals surface area contributed by atoms with Crippen LogP contribution in [0.5, 0.6) is 0 Å². The topological polar surface area (TPSA) is 55.4 Å². The highest BCUT2D eigenvalue weighted by Gasteiger charge is 2.58. The number of carbonyl (C=O) groups is 2. The molecule has 19 heavy (non-hydrogen) atoms. The molecule has 0 bridgehead atoms. The van der Waals surface area contributed by atoms with E-state index in [1.54, 1.807) is 0 Å². The zero-order chi connectivity index (χ0) is 14.0. The van der Waals surface area contributed by atoms with E-state index in [2.05, 4.69) is 19.2 Å². The SMILES string of the molecule is COC(=O)C1(C(=O)N[C@H](C)[C@H]2CCC[C@@H](C)C2)CC1. The molecular formula is C15H25NO3.